The average Bonchev–Trinajstić information content (AvgIpc) is 2.06. The van der Waals surface area contributed by atoms with Crippen LogP contribution in [0.3, 0.4) is 0 Å². The Morgan fingerprint density at radius 1 is 1.36 bits per heavy atom. The SMILES string of the molecule is Cl.O/N=C1/CN2CCC1CC2. The second-order valence-corrected chi connectivity index (χ2v) is 3.14. The molecule has 0 atom stereocenters. The van der Waals surface area contributed by atoms with Crippen molar-refractivity contribution in [2.75, 3.05) is 19.6 Å². The highest BCUT2D eigenvalue weighted by Crippen LogP contribution is 2.24. The third-order valence-electron chi connectivity index (χ3n) is 2.57. The zero-order valence-corrected chi connectivity index (χ0v) is 7.18. The van der Waals surface area contributed by atoms with Gasteiger partial charge >= 0.3 is 0 Å². The highest BCUT2D eigenvalue weighted by molar-refractivity contribution is 5.89. The molecule has 0 aliphatic carbocycles. The number of fused-ring (bicyclic) bond motifs is 3. The largest absolute Gasteiger partial charge is 0.411 e. The van der Waals surface area contributed by atoms with Crippen LogP contribution in [0.4, 0.5) is 0 Å². The van der Waals surface area contributed by atoms with E-state index in [0.29, 0.717) is 5.92 Å². The molecule has 3 rings (SSSR count). The Bertz CT molecular complexity index is 164. The lowest BCUT2D eigenvalue weighted by Gasteiger charge is -2.39. The van der Waals surface area contributed by atoms with Crippen LogP contribution in [-0.2, 0) is 0 Å². The van der Waals surface area contributed by atoms with Gasteiger partial charge in [-0.25, -0.2) is 0 Å². The lowest BCUT2D eigenvalue weighted by Crippen LogP contribution is -2.47. The Kier molecular flexibility index (Phi) is 2.73. The van der Waals surface area contributed by atoms with Gasteiger partial charge in [-0.15, -0.1) is 12.4 Å². The zero-order chi connectivity index (χ0) is 6.97. The van der Waals surface area contributed by atoms with Crippen molar-refractivity contribution in [3.8, 4) is 0 Å². The highest BCUT2D eigenvalue weighted by Gasteiger charge is 2.30. The van der Waals surface area contributed by atoms with Crippen molar-refractivity contribution in [3.63, 3.8) is 0 Å². The van der Waals surface area contributed by atoms with Crippen LogP contribution >= 0.6 is 12.4 Å². The first-order chi connectivity index (χ1) is 4.90. The molecule has 64 valence electrons. The molecule has 0 saturated carbocycles. The summed E-state index contributed by atoms with van der Waals surface area (Å²) in [6.45, 7) is 3.30. The first kappa shape index (κ1) is 8.81. The van der Waals surface area contributed by atoms with Crippen molar-refractivity contribution < 1.29 is 5.21 Å². The van der Waals surface area contributed by atoms with E-state index < -0.39 is 0 Å². The molecule has 4 heteroatoms. The molecule has 3 aliphatic heterocycles. The molecule has 0 radical (unpaired) electrons. The second kappa shape index (κ2) is 3.41. The van der Waals surface area contributed by atoms with Gasteiger partial charge in [0.25, 0.3) is 0 Å². The number of hydrogen-bond donors (Lipinski definition) is 1. The molecule has 0 aromatic carbocycles. The minimum atomic E-state index is 0. The zero-order valence-electron chi connectivity index (χ0n) is 6.36. The molecule has 0 spiro atoms. The van der Waals surface area contributed by atoms with Crippen LogP contribution in [0.15, 0.2) is 5.16 Å². The maximum absolute atomic E-state index is 8.57. The van der Waals surface area contributed by atoms with Crippen LogP contribution in [0.2, 0.25) is 0 Å². The van der Waals surface area contributed by atoms with Crippen molar-refractivity contribution >= 4 is 18.1 Å². The smallest absolute Gasteiger partial charge is 0.0742 e. The van der Waals surface area contributed by atoms with E-state index >= 15 is 0 Å². The summed E-state index contributed by atoms with van der Waals surface area (Å²) in [5.74, 6) is 0.593. The van der Waals surface area contributed by atoms with Crippen LogP contribution in [0.25, 0.3) is 0 Å². The number of nitrogens with zero attached hydrogens (tertiary/aromatic N) is 2. The summed E-state index contributed by atoms with van der Waals surface area (Å²) in [5, 5.41) is 11.9. The van der Waals surface area contributed by atoms with E-state index in [1.165, 1.54) is 25.9 Å². The molecule has 3 aliphatic rings. The van der Waals surface area contributed by atoms with Gasteiger partial charge in [0, 0.05) is 12.5 Å². The molecule has 2 bridgehead atoms. The van der Waals surface area contributed by atoms with Crippen molar-refractivity contribution in [1.82, 2.24) is 4.90 Å². The van der Waals surface area contributed by atoms with Gasteiger partial charge in [-0.1, -0.05) is 5.16 Å². The quantitative estimate of drug-likeness (QED) is 0.441. The van der Waals surface area contributed by atoms with Crippen molar-refractivity contribution in [2.24, 2.45) is 11.1 Å². The lowest BCUT2D eigenvalue weighted by atomic mass is 9.87. The number of hydrogen-bond acceptors (Lipinski definition) is 3. The summed E-state index contributed by atoms with van der Waals surface area (Å²) in [6.07, 6.45) is 2.39. The van der Waals surface area contributed by atoms with Gasteiger partial charge in [0.05, 0.1) is 5.71 Å². The Hall–Kier alpha value is -0.280. The van der Waals surface area contributed by atoms with Crippen LogP contribution in [0, 0.1) is 5.92 Å². The summed E-state index contributed by atoms with van der Waals surface area (Å²) in [7, 11) is 0. The number of rotatable bonds is 0. The number of halogens is 1. The summed E-state index contributed by atoms with van der Waals surface area (Å²) < 4.78 is 0. The van der Waals surface area contributed by atoms with E-state index in [1.807, 2.05) is 0 Å². The van der Waals surface area contributed by atoms with E-state index in [4.69, 9.17) is 5.21 Å². The normalized spacial score (nSPS) is 38.7. The van der Waals surface area contributed by atoms with Crippen molar-refractivity contribution in [1.29, 1.82) is 0 Å². The Morgan fingerprint density at radius 3 is 2.27 bits per heavy atom. The molecule has 11 heavy (non-hydrogen) atoms. The summed E-state index contributed by atoms with van der Waals surface area (Å²) >= 11 is 0. The van der Waals surface area contributed by atoms with Gasteiger partial charge in [-0.3, -0.25) is 4.90 Å². The lowest BCUT2D eigenvalue weighted by molar-refractivity contribution is 0.190. The third kappa shape index (κ3) is 1.49. The molecule has 1 N–H and O–H groups in total. The first-order valence-corrected chi connectivity index (χ1v) is 3.83. The molecular formula is C7H13ClN2O. The number of piperidine rings is 3. The van der Waals surface area contributed by atoms with Crippen molar-refractivity contribution in [2.45, 2.75) is 12.8 Å². The summed E-state index contributed by atoms with van der Waals surface area (Å²) in [4.78, 5) is 2.34. The van der Waals surface area contributed by atoms with Gasteiger partial charge in [0.15, 0.2) is 0 Å². The van der Waals surface area contributed by atoms with E-state index in [-0.39, 0.29) is 12.4 Å². The van der Waals surface area contributed by atoms with E-state index in [1.54, 1.807) is 0 Å². The number of oxime groups is 1. The monoisotopic (exact) mass is 176 g/mol. The molecule has 3 heterocycles. The van der Waals surface area contributed by atoms with Gasteiger partial charge in [-0.2, -0.15) is 0 Å². The Morgan fingerprint density at radius 2 is 2.00 bits per heavy atom. The van der Waals surface area contributed by atoms with Crippen LogP contribution in [0.5, 0.6) is 0 Å². The second-order valence-electron chi connectivity index (χ2n) is 3.14. The molecule has 0 unspecified atom stereocenters. The Balaban J connectivity index is 0.000000605. The van der Waals surface area contributed by atoms with Gasteiger partial charge in [0.1, 0.15) is 0 Å². The predicted octanol–water partition coefficient (Wildman–Crippen LogP) is 0.964. The molecule has 3 saturated heterocycles. The van der Waals surface area contributed by atoms with Crippen LogP contribution in [-0.4, -0.2) is 35.5 Å². The third-order valence-corrected chi connectivity index (χ3v) is 2.57. The maximum atomic E-state index is 8.57. The van der Waals surface area contributed by atoms with Gasteiger partial charge in [0.2, 0.25) is 0 Å². The fourth-order valence-electron chi connectivity index (χ4n) is 1.90. The standard InChI is InChI=1S/C7H12N2O.ClH/c10-8-7-5-9-3-1-6(7)2-4-9;/h6,10H,1-5H2;1H/b8-7-;. The van der Waals surface area contributed by atoms with Crippen LogP contribution < -0.4 is 0 Å². The summed E-state index contributed by atoms with van der Waals surface area (Å²) in [5.41, 5.74) is 0.998. The van der Waals surface area contributed by atoms with E-state index in [9.17, 15) is 0 Å². The Labute approximate surface area is 72.5 Å². The molecule has 0 aromatic rings. The molecule has 0 aromatic heterocycles. The van der Waals surface area contributed by atoms with Crippen molar-refractivity contribution in [3.05, 3.63) is 0 Å². The molecule has 3 nitrogen and oxygen atoms in total. The molecule has 3 fully saturated rings. The highest BCUT2D eigenvalue weighted by atomic mass is 35.5. The predicted molar refractivity (Wildman–Crippen MR) is 45.6 cm³/mol. The topological polar surface area (TPSA) is 35.8 Å². The average molecular weight is 177 g/mol. The minimum absolute atomic E-state index is 0. The summed E-state index contributed by atoms with van der Waals surface area (Å²) in [6, 6.07) is 0. The minimum Gasteiger partial charge on any atom is -0.411 e. The van der Waals surface area contributed by atoms with E-state index in [2.05, 4.69) is 10.1 Å². The fourth-order valence-corrected chi connectivity index (χ4v) is 1.90. The molecular weight excluding hydrogens is 164 g/mol. The first-order valence-electron chi connectivity index (χ1n) is 3.83. The fraction of sp³-hybridized carbons (Fsp3) is 0.857. The van der Waals surface area contributed by atoms with E-state index in [0.717, 1.165) is 12.3 Å². The molecule has 0 amide bonds. The van der Waals surface area contributed by atoms with Gasteiger partial charge < -0.3 is 5.21 Å². The van der Waals surface area contributed by atoms with Gasteiger partial charge in [-0.05, 0) is 25.9 Å². The van der Waals surface area contributed by atoms with Crippen LogP contribution in [0.1, 0.15) is 12.8 Å². The maximum Gasteiger partial charge on any atom is 0.0742 e.